The summed E-state index contributed by atoms with van der Waals surface area (Å²) in [6.45, 7) is 6.36. The van der Waals surface area contributed by atoms with Crippen molar-refractivity contribution in [2.24, 2.45) is 4.99 Å². The van der Waals surface area contributed by atoms with Crippen LogP contribution in [0.2, 0.25) is 0 Å². The van der Waals surface area contributed by atoms with E-state index in [-0.39, 0.29) is 0 Å². The van der Waals surface area contributed by atoms with Gasteiger partial charge in [-0.25, -0.2) is 0 Å². The van der Waals surface area contributed by atoms with Gasteiger partial charge < -0.3 is 10.2 Å². The zero-order chi connectivity index (χ0) is 14.2. The van der Waals surface area contributed by atoms with Crippen LogP contribution in [0.3, 0.4) is 0 Å². The topological polar surface area (TPSA) is 27.6 Å². The minimum Gasteiger partial charge on any atom is -0.365 e. The third kappa shape index (κ3) is 5.17. The monoisotopic (exact) mass is 291 g/mol. The summed E-state index contributed by atoms with van der Waals surface area (Å²) in [7, 11) is 2.18. The Morgan fingerprint density at radius 2 is 2.15 bits per heavy atom. The number of nitrogens with zero attached hydrogens (tertiary/aromatic N) is 2. The van der Waals surface area contributed by atoms with Gasteiger partial charge in [0.1, 0.15) is 0 Å². The second kappa shape index (κ2) is 8.32. The maximum atomic E-state index is 4.53. The van der Waals surface area contributed by atoms with E-state index in [1.807, 2.05) is 11.8 Å². The van der Waals surface area contributed by atoms with Gasteiger partial charge in [-0.05, 0) is 32.0 Å². The number of benzene rings is 1. The summed E-state index contributed by atoms with van der Waals surface area (Å²) in [4.78, 5) is 6.90. The fraction of sp³-hybridized carbons (Fsp3) is 0.562. The Kier molecular flexibility index (Phi) is 6.40. The predicted molar refractivity (Wildman–Crippen MR) is 89.4 cm³/mol. The molecule has 0 aromatic heterocycles. The van der Waals surface area contributed by atoms with E-state index in [2.05, 4.69) is 59.5 Å². The zero-order valence-corrected chi connectivity index (χ0v) is 13.3. The first kappa shape index (κ1) is 15.4. The molecule has 110 valence electrons. The number of hydrogen-bond acceptors (Lipinski definition) is 4. The standard InChI is InChI=1S/C16H25N3S/c1-3-15-12-18-16(20-15)17-10-7-11-19(2)13-14-8-5-4-6-9-14/h4-6,8-9,15H,3,7,10-13H2,1-2H3,(H,17,18). The average Bonchev–Trinajstić information content (AvgIpc) is 2.93. The van der Waals surface area contributed by atoms with Gasteiger partial charge in [0, 0.05) is 18.3 Å². The van der Waals surface area contributed by atoms with Crippen LogP contribution in [-0.2, 0) is 6.54 Å². The summed E-state index contributed by atoms with van der Waals surface area (Å²) < 4.78 is 0. The quantitative estimate of drug-likeness (QED) is 0.783. The Morgan fingerprint density at radius 1 is 1.35 bits per heavy atom. The Labute approximate surface area is 126 Å². The Hall–Kier alpha value is -1.00. The van der Waals surface area contributed by atoms with Crippen molar-refractivity contribution in [3.8, 4) is 0 Å². The Morgan fingerprint density at radius 3 is 2.85 bits per heavy atom. The van der Waals surface area contributed by atoms with Gasteiger partial charge in [-0.3, -0.25) is 4.99 Å². The maximum absolute atomic E-state index is 4.53. The van der Waals surface area contributed by atoms with Crippen LogP contribution in [0.25, 0.3) is 0 Å². The van der Waals surface area contributed by atoms with E-state index in [4.69, 9.17) is 0 Å². The molecule has 0 fully saturated rings. The van der Waals surface area contributed by atoms with E-state index < -0.39 is 0 Å². The highest BCUT2D eigenvalue weighted by Crippen LogP contribution is 2.21. The summed E-state index contributed by atoms with van der Waals surface area (Å²) in [5.74, 6) is 0. The SMILES string of the molecule is CCC1CN=C(NCCCN(C)Cc2ccccc2)S1. The number of aliphatic imine (C=N–C) groups is 1. The number of amidine groups is 1. The highest BCUT2D eigenvalue weighted by Gasteiger charge is 2.16. The lowest BCUT2D eigenvalue weighted by Gasteiger charge is -2.17. The molecule has 1 N–H and O–H groups in total. The summed E-state index contributed by atoms with van der Waals surface area (Å²) in [5.41, 5.74) is 1.38. The number of hydrogen-bond donors (Lipinski definition) is 1. The minimum atomic E-state index is 0.693. The van der Waals surface area contributed by atoms with E-state index in [1.54, 1.807) is 0 Å². The lowest BCUT2D eigenvalue weighted by molar-refractivity contribution is 0.322. The number of rotatable bonds is 7. The molecule has 0 saturated carbocycles. The van der Waals surface area contributed by atoms with Crippen LogP contribution >= 0.6 is 11.8 Å². The third-order valence-corrected chi connectivity index (χ3v) is 4.77. The second-order valence-corrected chi connectivity index (χ2v) is 6.59. The first-order valence-corrected chi connectivity index (χ1v) is 8.33. The molecule has 1 aromatic rings. The van der Waals surface area contributed by atoms with Crippen LogP contribution in [0.1, 0.15) is 25.3 Å². The van der Waals surface area contributed by atoms with Crippen molar-refractivity contribution in [1.29, 1.82) is 0 Å². The molecule has 3 nitrogen and oxygen atoms in total. The molecule has 2 rings (SSSR count). The van der Waals surface area contributed by atoms with E-state index in [0.717, 1.165) is 37.8 Å². The molecule has 20 heavy (non-hydrogen) atoms. The smallest absolute Gasteiger partial charge is 0.156 e. The van der Waals surface area contributed by atoms with E-state index in [9.17, 15) is 0 Å². The molecule has 1 aromatic carbocycles. The Balaban J connectivity index is 1.57. The molecule has 0 aliphatic carbocycles. The largest absolute Gasteiger partial charge is 0.365 e. The van der Waals surface area contributed by atoms with Crippen LogP contribution < -0.4 is 5.32 Å². The van der Waals surface area contributed by atoms with Crippen LogP contribution in [0.15, 0.2) is 35.3 Å². The van der Waals surface area contributed by atoms with Gasteiger partial charge in [-0.15, -0.1) is 0 Å². The van der Waals surface area contributed by atoms with Crippen LogP contribution in [0, 0.1) is 0 Å². The lowest BCUT2D eigenvalue weighted by atomic mass is 10.2. The molecule has 0 saturated heterocycles. The summed E-state index contributed by atoms with van der Waals surface area (Å²) in [5, 5.41) is 5.29. The van der Waals surface area contributed by atoms with E-state index in [1.165, 1.54) is 12.0 Å². The van der Waals surface area contributed by atoms with Gasteiger partial charge in [-0.1, -0.05) is 49.0 Å². The lowest BCUT2D eigenvalue weighted by Crippen LogP contribution is -2.26. The summed E-state index contributed by atoms with van der Waals surface area (Å²) >= 11 is 1.90. The molecule has 4 heteroatoms. The average molecular weight is 291 g/mol. The summed E-state index contributed by atoms with van der Waals surface area (Å²) in [6, 6.07) is 10.6. The Bertz CT molecular complexity index is 419. The molecule has 1 heterocycles. The van der Waals surface area contributed by atoms with Crippen LogP contribution in [-0.4, -0.2) is 42.0 Å². The predicted octanol–water partition coefficient (Wildman–Crippen LogP) is 2.98. The molecular formula is C16H25N3S. The second-order valence-electron chi connectivity index (χ2n) is 5.30. The molecule has 1 unspecified atom stereocenters. The van der Waals surface area contributed by atoms with Crippen molar-refractivity contribution in [2.75, 3.05) is 26.7 Å². The van der Waals surface area contributed by atoms with E-state index >= 15 is 0 Å². The molecule has 0 radical (unpaired) electrons. The fourth-order valence-corrected chi connectivity index (χ4v) is 3.21. The molecule has 0 amide bonds. The van der Waals surface area contributed by atoms with E-state index in [0.29, 0.717) is 5.25 Å². The van der Waals surface area contributed by atoms with Gasteiger partial charge in [0.2, 0.25) is 0 Å². The molecule has 0 spiro atoms. The van der Waals surface area contributed by atoms with Gasteiger partial charge in [0.25, 0.3) is 0 Å². The molecule has 1 aliphatic heterocycles. The highest BCUT2D eigenvalue weighted by molar-refractivity contribution is 8.14. The van der Waals surface area contributed by atoms with Crippen molar-refractivity contribution in [1.82, 2.24) is 10.2 Å². The molecule has 1 atom stereocenters. The first-order chi connectivity index (χ1) is 9.78. The van der Waals surface area contributed by atoms with Crippen molar-refractivity contribution in [3.63, 3.8) is 0 Å². The maximum Gasteiger partial charge on any atom is 0.156 e. The van der Waals surface area contributed by atoms with Crippen LogP contribution in [0.4, 0.5) is 0 Å². The fourth-order valence-electron chi connectivity index (χ4n) is 2.25. The van der Waals surface area contributed by atoms with Crippen molar-refractivity contribution < 1.29 is 0 Å². The minimum absolute atomic E-state index is 0.693. The molecule has 0 bridgehead atoms. The van der Waals surface area contributed by atoms with Gasteiger partial charge in [-0.2, -0.15) is 0 Å². The normalized spacial score (nSPS) is 18.4. The van der Waals surface area contributed by atoms with Crippen molar-refractivity contribution in [2.45, 2.75) is 31.6 Å². The summed E-state index contributed by atoms with van der Waals surface area (Å²) in [6.07, 6.45) is 2.36. The third-order valence-electron chi connectivity index (χ3n) is 3.46. The van der Waals surface area contributed by atoms with Crippen molar-refractivity contribution in [3.05, 3.63) is 35.9 Å². The molecular weight excluding hydrogens is 266 g/mol. The number of thioether (sulfide) groups is 1. The van der Waals surface area contributed by atoms with Crippen molar-refractivity contribution >= 4 is 16.9 Å². The van der Waals surface area contributed by atoms with Gasteiger partial charge in [0.15, 0.2) is 5.17 Å². The van der Waals surface area contributed by atoms with Gasteiger partial charge in [0.05, 0.1) is 6.54 Å². The van der Waals surface area contributed by atoms with Crippen LogP contribution in [0.5, 0.6) is 0 Å². The van der Waals surface area contributed by atoms with Gasteiger partial charge >= 0.3 is 0 Å². The highest BCUT2D eigenvalue weighted by atomic mass is 32.2. The molecule has 1 aliphatic rings. The number of nitrogens with one attached hydrogen (secondary N) is 1. The zero-order valence-electron chi connectivity index (χ0n) is 12.5. The first-order valence-electron chi connectivity index (χ1n) is 7.45.